The fourth-order valence-corrected chi connectivity index (χ4v) is 2.71. The second-order valence-corrected chi connectivity index (χ2v) is 5.95. The molecule has 2 heterocycles. The quantitative estimate of drug-likeness (QED) is 0.647. The van der Waals surface area contributed by atoms with Crippen LogP contribution >= 0.6 is 0 Å². The molecule has 7 nitrogen and oxygen atoms in total. The highest BCUT2D eigenvalue weighted by Gasteiger charge is 2.33. The minimum Gasteiger partial charge on any atom is -0.496 e. The summed E-state index contributed by atoms with van der Waals surface area (Å²) in [5.41, 5.74) is -0.560. The first kappa shape index (κ1) is 19.3. The lowest BCUT2D eigenvalue weighted by Gasteiger charge is -2.09. The molecular formula is C18H14F3N3O4. The van der Waals surface area contributed by atoms with E-state index in [4.69, 9.17) is 9.84 Å². The van der Waals surface area contributed by atoms with Crippen LogP contribution in [0.25, 0.3) is 10.9 Å². The Bertz CT molecular complexity index is 1060. The summed E-state index contributed by atoms with van der Waals surface area (Å²) in [6, 6.07) is 6.26. The number of hydrogen-bond donors (Lipinski definition) is 1. The van der Waals surface area contributed by atoms with Crippen molar-refractivity contribution < 1.29 is 32.6 Å². The second-order valence-electron chi connectivity index (χ2n) is 5.95. The number of carbonyl (C=O) groups excluding carboxylic acids is 1. The number of aliphatic carboxylic acids is 1. The van der Waals surface area contributed by atoms with Crippen molar-refractivity contribution in [3.63, 3.8) is 0 Å². The van der Waals surface area contributed by atoms with E-state index in [-0.39, 0.29) is 18.7 Å². The van der Waals surface area contributed by atoms with Gasteiger partial charge in [-0.3, -0.25) is 14.3 Å². The van der Waals surface area contributed by atoms with Gasteiger partial charge in [0.2, 0.25) is 0 Å². The maximum atomic E-state index is 12.8. The number of carbonyl (C=O) groups is 2. The maximum absolute atomic E-state index is 12.8. The number of benzene rings is 1. The van der Waals surface area contributed by atoms with Crippen LogP contribution in [-0.4, -0.2) is 38.7 Å². The smallest absolute Gasteiger partial charge is 0.433 e. The number of ether oxygens (including phenoxy) is 1. The molecule has 0 saturated carbocycles. The Morgan fingerprint density at radius 1 is 1.25 bits per heavy atom. The first-order chi connectivity index (χ1) is 13.2. The number of pyridine rings is 1. The molecule has 0 saturated heterocycles. The number of alkyl halides is 3. The van der Waals surface area contributed by atoms with Crippen LogP contribution in [0.2, 0.25) is 0 Å². The molecule has 0 aliphatic carbocycles. The first-order valence-corrected chi connectivity index (χ1v) is 8.00. The van der Waals surface area contributed by atoms with Gasteiger partial charge in [-0.15, -0.1) is 0 Å². The van der Waals surface area contributed by atoms with Gasteiger partial charge in [-0.25, -0.2) is 4.98 Å². The molecule has 0 unspecified atom stereocenters. The average molecular weight is 393 g/mol. The van der Waals surface area contributed by atoms with Crippen LogP contribution in [0.3, 0.4) is 0 Å². The standard InChI is InChI=1S/C18H14F3N3O4/c1-28-15-7-13-11(8-24(23-13)9-17(26)27)5-10(15)6-14(25)12-3-2-4-16(22-12)18(19,20)21/h2-5,7-8H,6,9H2,1H3,(H,26,27). The summed E-state index contributed by atoms with van der Waals surface area (Å²) < 4.78 is 44.9. The van der Waals surface area contributed by atoms with E-state index in [1.165, 1.54) is 30.1 Å². The molecule has 0 amide bonds. The third-order valence-corrected chi connectivity index (χ3v) is 3.93. The van der Waals surface area contributed by atoms with Gasteiger partial charge < -0.3 is 9.84 Å². The van der Waals surface area contributed by atoms with Gasteiger partial charge in [0, 0.05) is 29.6 Å². The molecule has 0 fully saturated rings. The number of carboxylic acids is 1. The van der Waals surface area contributed by atoms with Crippen LogP contribution < -0.4 is 4.74 Å². The molecule has 10 heteroatoms. The lowest BCUT2D eigenvalue weighted by molar-refractivity contribution is -0.141. The normalized spacial score (nSPS) is 11.6. The fourth-order valence-electron chi connectivity index (χ4n) is 2.71. The number of carboxylic acid groups (broad SMARTS) is 1. The SMILES string of the molecule is COc1cc2nn(CC(=O)O)cc2cc1CC(=O)c1cccc(C(F)(F)F)n1. The van der Waals surface area contributed by atoms with Crippen LogP contribution in [0.15, 0.2) is 36.5 Å². The largest absolute Gasteiger partial charge is 0.496 e. The highest BCUT2D eigenvalue weighted by Crippen LogP contribution is 2.29. The first-order valence-electron chi connectivity index (χ1n) is 8.00. The molecule has 0 aliphatic rings. The predicted molar refractivity (Wildman–Crippen MR) is 91.2 cm³/mol. The Kier molecular flexibility index (Phi) is 5.04. The Hall–Kier alpha value is -3.43. The van der Waals surface area contributed by atoms with Crippen molar-refractivity contribution in [3.05, 3.63) is 53.5 Å². The third kappa shape index (κ3) is 4.11. The Balaban J connectivity index is 1.92. The minimum absolute atomic E-state index is 0.239. The highest BCUT2D eigenvalue weighted by molar-refractivity contribution is 5.97. The predicted octanol–water partition coefficient (Wildman–Crippen LogP) is 2.97. The van der Waals surface area contributed by atoms with Gasteiger partial charge >= 0.3 is 12.1 Å². The van der Waals surface area contributed by atoms with Crippen LogP contribution in [0.4, 0.5) is 13.2 Å². The number of rotatable bonds is 6. The molecule has 1 aromatic carbocycles. The zero-order valence-corrected chi connectivity index (χ0v) is 14.5. The van der Waals surface area contributed by atoms with Crippen molar-refractivity contribution in [2.45, 2.75) is 19.1 Å². The summed E-state index contributed by atoms with van der Waals surface area (Å²) in [4.78, 5) is 26.7. The lowest BCUT2D eigenvalue weighted by Crippen LogP contribution is -2.13. The van der Waals surface area contributed by atoms with Crippen molar-refractivity contribution >= 4 is 22.7 Å². The van der Waals surface area contributed by atoms with E-state index < -0.39 is 23.6 Å². The minimum atomic E-state index is -4.65. The summed E-state index contributed by atoms with van der Waals surface area (Å²) in [6.07, 6.45) is -3.39. The van der Waals surface area contributed by atoms with Crippen molar-refractivity contribution in [2.75, 3.05) is 7.11 Å². The van der Waals surface area contributed by atoms with Crippen LogP contribution in [0, 0.1) is 0 Å². The molecule has 3 rings (SSSR count). The third-order valence-electron chi connectivity index (χ3n) is 3.93. The van der Waals surface area contributed by atoms with Crippen molar-refractivity contribution in [1.82, 2.24) is 14.8 Å². The fraction of sp³-hybridized carbons (Fsp3) is 0.222. The molecule has 0 bridgehead atoms. The summed E-state index contributed by atoms with van der Waals surface area (Å²) in [6.45, 7) is -0.334. The van der Waals surface area contributed by atoms with Gasteiger partial charge in [0.15, 0.2) is 5.78 Å². The monoisotopic (exact) mass is 393 g/mol. The van der Waals surface area contributed by atoms with E-state index in [1.807, 2.05) is 0 Å². The van der Waals surface area contributed by atoms with E-state index >= 15 is 0 Å². The summed E-state index contributed by atoms with van der Waals surface area (Å²) in [7, 11) is 1.38. The van der Waals surface area contributed by atoms with E-state index in [1.54, 1.807) is 6.07 Å². The van der Waals surface area contributed by atoms with Gasteiger partial charge in [0.1, 0.15) is 23.7 Å². The zero-order chi connectivity index (χ0) is 20.5. The number of nitrogens with zero attached hydrogens (tertiary/aromatic N) is 3. The Morgan fingerprint density at radius 2 is 2.00 bits per heavy atom. The van der Waals surface area contributed by atoms with Gasteiger partial charge in [-0.05, 0) is 18.2 Å². The molecule has 146 valence electrons. The van der Waals surface area contributed by atoms with Crippen LogP contribution in [0.1, 0.15) is 21.7 Å². The second kappa shape index (κ2) is 7.29. The van der Waals surface area contributed by atoms with Gasteiger partial charge in [0.05, 0.1) is 12.6 Å². The molecule has 0 radical (unpaired) electrons. The van der Waals surface area contributed by atoms with Crippen LogP contribution in [-0.2, 0) is 23.9 Å². The maximum Gasteiger partial charge on any atom is 0.433 e. The molecule has 2 aromatic heterocycles. The Labute approximate surface area is 156 Å². The van der Waals surface area contributed by atoms with Crippen LogP contribution in [0.5, 0.6) is 5.75 Å². The number of fused-ring (bicyclic) bond motifs is 1. The van der Waals surface area contributed by atoms with Crippen molar-refractivity contribution in [1.29, 1.82) is 0 Å². The number of methoxy groups -OCH3 is 1. The van der Waals surface area contributed by atoms with Gasteiger partial charge in [0.25, 0.3) is 0 Å². The van der Waals surface area contributed by atoms with Gasteiger partial charge in [-0.1, -0.05) is 6.07 Å². The number of hydrogen-bond acceptors (Lipinski definition) is 5. The van der Waals surface area contributed by atoms with Crippen molar-refractivity contribution in [2.24, 2.45) is 0 Å². The molecule has 0 spiro atoms. The van der Waals surface area contributed by atoms with E-state index in [9.17, 15) is 22.8 Å². The molecule has 1 N–H and O–H groups in total. The van der Waals surface area contributed by atoms with E-state index in [0.29, 0.717) is 22.2 Å². The number of aromatic nitrogens is 3. The Morgan fingerprint density at radius 3 is 2.64 bits per heavy atom. The molecule has 3 aromatic rings. The zero-order valence-electron chi connectivity index (χ0n) is 14.5. The van der Waals surface area contributed by atoms with Crippen molar-refractivity contribution in [3.8, 4) is 5.75 Å². The molecular weight excluding hydrogens is 379 g/mol. The molecule has 28 heavy (non-hydrogen) atoms. The van der Waals surface area contributed by atoms with E-state index in [2.05, 4.69) is 10.1 Å². The topological polar surface area (TPSA) is 94.3 Å². The van der Waals surface area contributed by atoms with Gasteiger partial charge in [-0.2, -0.15) is 18.3 Å². The summed E-state index contributed by atoms with van der Waals surface area (Å²) >= 11 is 0. The number of Topliss-reactive ketones (excluding diaryl/α,β-unsaturated/α-hetero) is 1. The van der Waals surface area contributed by atoms with E-state index in [0.717, 1.165) is 12.1 Å². The number of halogens is 3. The summed E-state index contributed by atoms with van der Waals surface area (Å²) in [5.74, 6) is -1.36. The molecule has 0 aliphatic heterocycles. The number of ketones is 1. The average Bonchev–Trinajstić information content (AvgIpc) is 3.00. The summed E-state index contributed by atoms with van der Waals surface area (Å²) in [5, 5.41) is 13.5. The molecule has 0 atom stereocenters. The lowest BCUT2D eigenvalue weighted by atomic mass is 10.0. The highest BCUT2D eigenvalue weighted by atomic mass is 19.4.